The number of benzene rings is 1. The summed E-state index contributed by atoms with van der Waals surface area (Å²) in [5.74, 6) is 0.136. The Morgan fingerprint density at radius 1 is 1.44 bits per heavy atom. The van der Waals surface area contributed by atoms with E-state index in [1.165, 1.54) is 5.56 Å². The predicted octanol–water partition coefficient (Wildman–Crippen LogP) is 4.12. The summed E-state index contributed by atoms with van der Waals surface area (Å²) in [6.07, 6.45) is 5.98. The average Bonchev–Trinajstić information content (AvgIpc) is 2.70. The van der Waals surface area contributed by atoms with Gasteiger partial charge in [-0.2, -0.15) is 0 Å². The molecule has 0 fully saturated rings. The van der Waals surface area contributed by atoms with E-state index in [9.17, 15) is 4.79 Å². The molecule has 2 rings (SSSR count). The van der Waals surface area contributed by atoms with Gasteiger partial charge in [0.05, 0.1) is 0 Å². The van der Waals surface area contributed by atoms with Crippen LogP contribution in [0.15, 0.2) is 37.1 Å². The molecule has 2 aromatic rings. The summed E-state index contributed by atoms with van der Waals surface area (Å²) >= 11 is 0. The van der Waals surface area contributed by atoms with E-state index in [2.05, 4.69) is 30.2 Å². The molecule has 1 aromatic heterocycles. The molecule has 0 radical (unpaired) electrons. The van der Waals surface area contributed by atoms with E-state index in [4.69, 9.17) is 0 Å². The van der Waals surface area contributed by atoms with Crippen LogP contribution in [0.2, 0.25) is 0 Å². The number of ketones is 1. The Bertz CT molecular complexity index is 592. The molecular formula is C16H19NO. The monoisotopic (exact) mass is 241 g/mol. The number of allylic oxidation sites excluding steroid dienone is 1. The van der Waals surface area contributed by atoms with Crippen molar-refractivity contribution in [1.29, 1.82) is 0 Å². The number of Topliss-reactive ketones (excluding diaryl/α,β-unsaturated/α-hetero) is 1. The molecule has 0 saturated heterocycles. The molecule has 2 nitrogen and oxygen atoms in total. The maximum atomic E-state index is 11.7. The number of carbonyl (C=O) groups is 1. The van der Waals surface area contributed by atoms with Crippen LogP contribution in [0.25, 0.3) is 10.9 Å². The van der Waals surface area contributed by atoms with Gasteiger partial charge in [0.2, 0.25) is 0 Å². The summed E-state index contributed by atoms with van der Waals surface area (Å²) < 4.78 is 2.18. The zero-order valence-electron chi connectivity index (χ0n) is 11.1. The molecule has 18 heavy (non-hydrogen) atoms. The highest BCUT2D eigenvalue weighted by molar-refractivity contribution is 6.08. The second kappa shape index (κ2) is 5.21. The third-order valence-corrected chi connectivity index (χ3v) is 3.30. The zero-order valence-corrected chi connectivity index (χ0v) is 11.1. The van der Waals surface area contributed by atoms with E-state index in [0.717, 1.165) is 35.9 Å². The van der Waals surface area contributed by atoms with Gasteiger partial charge in [-0.3, -0.25) is 4.79 Å². The van der Waals surface area contributed by atoms with Gasteiger partial charge in [-0.1, -0.05) is 18.2 Å². The van der Waals surface area contributed by atoms with E-state index >= 15 is 0 Å². The number of hydrogen-bond donors (Lipinski definition) is 0. The minimum absolute atomic E-state index is 0.136. The lowest BCUT2D eigenvalue weighted by Gasteiger charge is -2.04. The van der Waals surface area contributed by atoms with Gasteiger partial charge in [-0.05, 0) is 38.3 Å². The van der Waals surface area contributed by atoms with Crippen LogP contribution in [0.4, 0.5) is 0 Å². The average molecular weight is 241 g/mol. The maximum Gasteiger partial charge on any atom is 0.161 e. The van der Waals surface area contributed by atoms with Gasteiger partial charge >= 0.3 is 0 Å². The lowest BCUT2D eigenvalue weighted by molar-refractivity contribution is 0.101. The van der Waals surface area contributed by atoms with Crippen LogP contribution in [-0.2, 0) is 6.54 Å². The summed E-state index contributed by atoms with van der Waals surface area (Å²) in [4.78, 5) is 11.7. The first kappa shape index (κ1) is 12.6. The van der Waals surface area contributed by atoms with Crippen LogP contribution in [0.3, 0.4) is 0 Å². The quantitative estimate of drug-likeness (QED) is 0.438. The van der Waals surface area contributed by atoms with Crippen LogP contribution in [-0.4, -0.2) is 10.4 Å². The molecule has 0 saturated carbocycles. The molecule has 0 N–H and O–H groups in total. The van der Waals surface area contributed by atoms with Crippen molar-refractivity contribution in [2.45, 2.75) is 33.2 Å². The smallest absolute Gasteiger partial charge is 0.161 e. The fourth-order valence-corrected chi connectivity index (χ4v) is 2.39. The summed E-state index contributed by atoms with van der Waals surface area (Å²) in [6.45, 7) is 8.36. The number of rotatable bonds is 5. The number of aromatic nitrogens is 1. The number of nitrogens with zero attached hydrogens (tertiary/aromatic N) is 1. The van der Waals surface area contributed by atoms with Crippen molar-refractivity contribution in [3.63, 3.8) is 0 Å². The normalized spacial score (nSPS) is 10.8. The number of unbranched alkanes of at least 4 members (excludes halogenated alkanes) is 1. The molecule has 0 atom stereocenters. The Morgan fingerprint density at radius 2 is 2.22 bits per heavy atom. The van der Waals surface area contributed by atoms with Gasteiger partial charge < -0.3 is 4.57 Å². The van der Waals surface area contributed by atoms with Crippen LogP contribution in [0.5, 0.6) is 0 Å². The van der Waals surface area contributed by atoms with Crippen molar-refractivity contribution in [3.8, 4) is 0 Å². The summed E-state index contributed by atoms with van der Waals surface area (Å²) in [7, 11) is 0. The Kier molecular flexibility index (Phi) is 3.66. The van der Waals surface area contributed by atoms with E-state index in [1.807, 2.05) is 18.3 Å². The van der Waals surface area contributed by atoms with Gasteiger partial charge in [-0.25, -0.2) is 0 Å². The van der Waals surface area contributed by atoms with Crippen LogP contribution in [0, 0.1) is 6.92 Å². The zero-order chi connectivity index (χ0) is 13.1. The maximum absolute atomic E-state index is 11.7. The van der Waals surface area contributed by atoms with E-state index in [-0.39, 0.29) is 5.78 Å². The van der Waals surface area contributed by atoms with Crippen LogP contribution in [0.1, 0.15) is 35.7 Å². The largest absolute Gasteiger partial charge is 0.347 e. The highest BCUT2D eigenvalue weighted by Crippen LogP contribution is 2.25. The second-order valence-corrected chi connectivity index (χ2v) is 4.69. The van der Waals surface area contributed by atoms with Crippen LogP contribution >= 0.6 is 0 Å². The van der Waals surface area contributed by atoms with Crippen molar-refractivity contribution >= 4 is 16.7 Å². The van der Waals surface area contributed by atoms with Gasteiger partial charge in [0.1, 0.15) is 0 Å². The highest BCUT2D eigenvalue weighted by atomic mass is 16.1. The molecule has 0 bridgehead atoms. The fourth-order valence-electron chi connectivity index (χ4n) is 2.39. The topological polar surface area (TPSA) is 22.0 Å². The molecule has 2 heteroatoms. The molecule has 0 aliphatic rings. The Hall–Kier alpha value is -1.83. The molecule has 0 spiro atoms. The minimum atomic E-state index is 0.136. The molecule has 0 aliphatic heterocycles. The number of hydrogen-bond acceptors (Lipinski definition) is 1. The third-order valence-electron chi connectivity index (χ3n) is 3.30. The molecule has 0 aliphatic carbocycles. The standard InChI is InChI=1S/C16H19NO/c1-4-5-6-10-17-11-14(13(3)18)16-12(2)8-7-9-15(16)17/h4,7-9,11H,1,5-6,10H2,2-3H3. The van der Waals surface area contributed by atoms with Crippen molar-refractivity contribution in [2.75, 3.05) is 0 Å². The van der Waals surface area contributed by atoms with Crippen LogP contribution < -0.4 is 0 Å². The highest BCUT2D eigenvalue weighted by Gasteiger charge is 2.13. The van der Waals surface area contributed by atoms with Crippen molar-refractivity contribution < 1.29 is 4.79 Å². The summed E-state index contributed by atoms with van der Waals surface area (Å²) in [6, 6.07) is 6.19. The molecule has 1 heterocycles. The molecule has 94 valence electrons. The number of fused-ring (bicyclic) bond motifs is 1. The van der Waals surface area contributed by atoms with Gasteiger partial charge in [-0.15, -0.1) is 6.58 Å². The third kappa shape index (κ3) is 2.23. The Morgan fingerprint density at radius 3 is 2.89 bits per heavy atom. The molecular weight excluding hydrogens is 222 g/mol. The molecule has 1 aromatic carbocycles. The minimum Gasteiger partial charge on any atom is -0.347 e. The first-order chi connectivity index (χ1) is 8.65. The van der Waals surface area contributed by atoms with Crippen molar-refractivity contribution in [1.82, 2.24) is 4.57 Å². The van der Waals surface area contributed by atoms with Crippen molar-refractivity contribution in [3.05, 3.63) is 48.2 Å². The lowest BCUT2D eigenvalue weighted by Crippen LogP contribution is -1.95. The van der Waals surface area contributed by atoms with Crippen molar-refractivity contribution in [2.24, 2.45) is 0 Å². The van der Waals surface area contributed by atoms with Gasteiger partial charge in [0.15, 0.2) is 5.78 Å². The van der Waals surface area contributed by atoms with Gasteiger partial charge in [0.25, 0.3) is 0 Å². The molecule has 0 unspecified atom stereocenters. The summed E-state index contributed by atoms with van der Waals surface area (Å²) in [5.41, 5.74) is 3.16. The second-order valence-electron chi connectivity index (χ2n) is 4.69. The Labute approximate surface area is 108 Å². The first-order valence-corrected chi connectivity index (χ1v) is 6.35. The molecule has 0 amide bonds. The van der Waals surface area contributed by atoms with E-state index in [0.29, 0.717) is 0 Å². The SMILES string of the molecule is C=CCCCn1cc(C(C)=O)c2c(C)cccc21. The number of aryl methyl sites for hydroxylation is 2. The first-order valence-electron chi connectivity index (χ1n) is 6.35. The van der Waals surface area contributed by atoms with E-state index in [1.54, 1.807) is 6.92 Å². The Balaban J connectivity index is 2.51. The number of carbonyl (C=O) groups excluding carboxylic acids is 1. The fraction of sp³-hybridized carbons (Fsp3) is 0.312. The van der Waals surface area contributed by atoms with E-state index < -0.39 is 0 Å². The summed E-state index contributed by atoms with van der Waals surface area (Å²) in [5, 5.41) is 1.10. The lowest BCUT2D eigenvalue weighted by atomic mass is 10.1. The predicted molar refractivity (Wildman–Crippen MR) is 76.1 cm³/mol. The van der Waals surface area contributed by atoms with Gasteiger partial charge in [0, 0.05) is 29.2 Å².